The molecule has 128 valence electrons. The molecule has 1 saturated heterocycles. The van der Waals surface area contributed by atoms with Gasteiger partial charge in [-0.05, 0) is 63.5 Å². The maximum atomic E-state index is 6.71. The lowest BCUT2D eigenvalue weighted by molar-refractivity contribution is 0.00826. The molecule has 0 aromatic rings. The molecule has 22 heavy (non-hydrogen) atoms. The van der Waals surface area contributed by atoms with Gasteiger partial charge in [0.05, 0.1) is 12.7 Å². The Morgan fingerprint density at radius 3 is 2.41 bits per heavy atom. The van der Waals surface area contributed by atoms with Gasteiger partial charge in [0.2, 0.25) is 0 Å². The van der Waals surface area contributed by atoms with Crippen molar-refractivity contribution in [2.45, 2.75) is 82.1 Å². The Morgan fingerprint density at radius 1 is 0.909 bits per heavy atom. The lowest BCUT2D eigenvalue weighted by atomic mass is 9.77. The third-order valence-corrected chi connectivity index (χ3v) is 6.71. The molecule has 0 amide bonds. The predicted molar refractivity (Wildman–Crippen MR) is 93.6 cm³/mol. The first-order valence-electron chi connectivity index (χ1n) is 9.79. The molecule has 3 aliphatic rings. The van der Waals surface area contributed by atoms with Gasteiger partial charge in [0, 0.05) is 11.9 Å². The number of hydrogen-bond donors (Lipinski definition) is 0. The minimum absolute atomic E-state index is 0.354. The third kappa shape index (κ3) is 5.11. The molecular weight excluding hydrogens is 294 g/mol. The van der Waals surface area contributed by atoms with Crippen molar-refractivity contribution in [2.75, 3.05) is 26.2 Å². The van der Waals surface area contributed by atoms with Crippen LogP contribution >= 0.6 is 11.6 Å². The molecule has 0 aromatic carbocycles. The van der Waals surface area contributed by atoms with Crippen molar-refractivity contribution in [1.82, 2.24) is 4.90 Å². The van der Waals surface area contributed by atoms with Gasteiger partial charge >= 0.3 is 0 Å². The lowest BCUT2D eigenvalue weighted by Gasteiger charge is -2.35. The Kier molecular flexibility index (Phi) is 6.89. The Balaban J connectivity index is 1.32. The van der Waals surface area contributed by atoms with E-state index in [2.05, 4.69) is 4.90 Å². The van der Waals surface area contributed by atoms with E-state index in [0.29, 0.717) is 11.5 Å². The zero-order chi connectivity index (χ0) is 15.2. The minimum atomic E-state index is 0.354. The molecule has 1 aliphatic heterocycles. The second-order valence-electron chi connectivity index (χ2n) is 7.87. The molecule has 0 radical (unpaired) electrons. The van der Waals surface area contributed by atoms with Crippen LogP contribution in [0.1, 0.15) is 70.6 Å². The summed E-state index contributed by atoms with van der Waals surface area (Å²) in [5, 5.41) is 0.354. The van der Waals surface area contributed by atoms with E-state index in [9.17, 15) is 0 Å². The van der Waals surface area contributed by atoms with E-state index in [1.165, 1.54) is 77.3 Å². The number of alkyl halides is 1. The molecular formula is C19H34ClNO. The first-order valence-corrected chi connectivity index (χ1v) is 10.2. The molecule has 1 heterocycles. The van der Waals surface area contributed by atoms with Crippen molar-refractivity contribution < 1.29 is 4.74 Å². The van der Waals surface area contributed by atoms with E-state index >= 15 is 0 Å². The van der Waals surface area contributed by atoms with E-state index in [1.54, 1.807) is 0 Å². The van der Waals surface area contributed by atoms with Gasteiger partial charge in [-0.1, -0.05) is 32.1 Å². The molecule has 2 saturated carbocycles. The average Bonchev–Trinajstić information content (AvgIpc) is 3.04. The Morgan fingerprint density at radius 2 is 1.68 bits per heavy atom. The molecule has 2 aliphatic carbocycles. The topological polar surface area (TPSA) is 12.5 Å². The van der Waals surface area contributed by atoms with Crippen LogP contribution in [-0.4, -0.2) is 42.6 Å². The predicted octanol–water partition coefficient (Wildman–Crippen LogP) is 4.85. The molecule has 0 N–H and O–H groups in total. The van der Waals surface area contributed by atoms with Gasteiger partial charge in [0.25, 0.3) is 0 Å². The second kappa shape index (κ2) is 8.89. The quantitative estimate of drug-likeness (QED) is 0.647. The van der Waals surface area contributed by atoms with Crippen LogP contribution in [-0.2, 0) is 4.74 Å². The summed E-state index contributed by atoms with van der Waals surface area (Å²) >= 11 is 6.71. The highest BCUT2D eigenvalue weighted by molar-refractivity contribution is 6.20. The van der Waals surface area contributed by atoms with Gasteiger partial charge < -0.3 is 9.64 Å². The van der Waals surface area contributed by atoms with Crippen LogP contribution in [0.2, 0.25) is 0 Å². The van der Waals surface area contributed by atoms with Crippen molar-refractivity contribution in [1.29, 1.82) is 0 Å². The average molecular weight is 328 g/mol. The molecule has 0 spiro atoms. The van der Waals surface area contributed by atoms with Crippen LogP contribution in [0.4, 0.5) is 0 Å². The van der Waals surface area contributed by atoms with Crippen LogP contribution < -0.4 is 0 Å². The smallest absolute Gasteiger partial charge is 0.0597 e. The van der Waals surface area contributed by atoms with E-state index in [0.717, 1.165) is 31.4 Å². The highest BCUT2D eigenvalue weighted by Crippen LogP contribution is 2.38. The maximum absolute atomic E-state index is 6.71. The third-order valence-electron chi connectivity index (χ3n) is 6.18. The van der Waals surface area contributed by atoms with Crippen LogP contribution in [0.3, 0.4) is 0 Å². The number of nitrogens with zero attached hydrogens (tertiary/aromatic N) is 1. The SMILES string of the molecule is ClC1CC(OCCN2CCCC2)CCC1CC1CCCCC1. The van der Waals surface area contributed by atoms with E-state index in [1.807, 2.05) is 0 Å². The Bertz CT molecular complexity index is 313. The van der Waals surface area contributed by atoms with E-state index in [-0.39, 0.29) is 0 Å². The van der Waals surface area contributed by atoms with Crippen molar-refractivity contribution in [3.63, 3.8) is 0 Å². The summed E-state index contributed by atoms with van der Waals surface area (Å²) in [6.45, 7) is 4.57. The fourth-order valence-electron chi connectivity index (χ4n) is 4.76. The summed E-state index contributed by atoms with van der Waals surface area (Å²) < 4.78 is 6.13. The summed E-state index contributed by atoms with van der Waals surface area (Å²) in [6, 6.07) is 0. The van der Waals surface area contributed by atoms with Gasteiger partial charge in [-0.2, -0.15) is 0 Å². The summed E-state index contributed by atoms with van der Waals surface area (Å²) in [7, 11) is 0. The zero-order valence-corrected chi connectivity index (χ0v) is 14.9. The first-order chi connectivity index (χ1) is 10.8. The summed E-state index contributed by atoms with van der Waals surface area (Å²) in [6.07, 6.45) is 15.4. The number of halogens is 1. The lowest BCUT2D eigenvalue weighted by Crippen LogP contribution is -2.33. The monoisotopic (exact) mass is 327 g/mol. The molecule has 3 atom stereocenters. The van der Waals surface area contributed by atoms with Gasteiger partial charge in [-0.15, -0.1) is 11.6 Å². The molecule has 2 nitrogen and oxygen atoms in total. The normalized spacial score (nSPS) is 35.0. The standard InChI is InChI=1S/C19H34ClNO/c20-19-15-18(22-13-12-21-10-4-5-11-21)9-8-17(19)14-16-6-2-1-3-7-16/h16-19H,1-15H2. The fraction of sp³-hybridized carbons (Fsp3) is 1.00. The van der Waals surface area contributed by atoms with E-state index in [4.69, 9.17) is 16.3 Å². The van der Waals surface area contributed by atoms with Crippen LogP contribution in [0.25, 0.3) is 0 Å². The van der Waals surface area contributed by atoms with Crippen molar-refractivity contribution in [3.8, 4) is 0 Å². The maximum Gasteiger partial charge on any atom is 0.0597 e. The summed E-state index contributed by atoms with van der Waals surface area (Å²) in [5.41, 5.74) is 0. The second-order valence-corrected chi connectivity index (χ2v) is 8.43. The first kappa shape index (κ1) is 17.0. The molecule has 3 unspecified atom stereocenters. The van der Waals surface area contributed by atoms with Gasteiger partial charge in [0.15, 0.2) is 0 Å². The highest BCUT2D eigenvalue weighted by atomic mass is 35.5. The molecule has 0 aromatic heterocycles. The molecule has 3 heteroatoms. The van der Waals surface area contributed by atoms with Crippen molar-refractivity contribution >= 4 is 11.6 Å². The largest absolute Gasteiger partial charge is 0.377 e. The van der Waals surface area contributed by atoms with Crippen molar-refractivity contribution in [3.05, 3.63) is 0 Å². The van der Waals surface area contributed by atoms with Crippen LogP contribution in [0.5, 0.6) is 0 Å². The van der Waals surface area contributed by atoms with Gasteiger partial charge in [-0.3, -0.25) is 0 Å². The molecule has 3 fully saturated rings. The van der Waals surface area contributed by atoms with Gasteiger partial charge in [-0.25, -0.2) is 0 Å². The summed E-state index contributed by atoms with van der Waals surface area (Å²) in [5.74, 6) is 1.72. The van der Waals surface area contributed by atoms with Crippen LogP contribution in [0, 0.1) is 11.8 Å². The molecule has 3 rings (SSSR count). The van der Waals surface area contributed by atoms with E-state index < -0.39 is 0 Å². The highest BCUT2D eigenvalue weighted by Gasteiger charge is 2.31. The number of ether oxygens (including phenoxy) is 1. The van der Waals surface area contributed by atoms with Crippen molar-refractivity contribution in [2.24, 2.45) is 11.8 Å². The zero-order valence-electron chi connectivity index (χ0n) is 14.1. The number of likely N-dealkylation sites (tertiary alicyclic amines) is 1. The minimum Gasteiger partial charge on any atom is -0.377 e. The van der Waals surface area contributed by atoms with Gasteiger partial charge in [0.1, 0.15) is 0 Å². The summed E-state index contributed by atoms with van der Waals surface area (Å²) in [4.78, 5) is 2.53. The fourth-order valence-corrected chi connectivity index (χ4v) is 5.19. The molecule has 0 bridgehead atoms. The van der Waals surface area contributed by atoms with Crippen LogP contribution in [0.15, 0.2) is 0 Å². The number of rotatable bonds is 6. The number of hydrogen-bond acceptors (Lipinski definition) is 2. The Labute approximate surface area is 141 Å². The Hall–Kier alpha value is 0.210.